The van der Waals surface area contributed by atoms with Crippen LogP contribution in [0.3, 0.4) is 0 Å². The van der Waals surface area contributed by atoms with E-state index in [0.717, 1.165) is 31.0 Å². The van der Waals surface area contributed by atoms with Gasteiger partial charge in [0, 0.05) is 45.7 Å². The van der Waals surface area contributed by atoms with Crippen LogP contribution in [-0.2, 0) is 17.9 Å². The maximum Gasteiger partial charge on any atom is 0.222 e. The summed E-state index contributed by atoms with van der Waals surface area (Å²) in [5.41, 5.74) is 2.42. The molecular formula is C24H36IN5O. The zero-order valence-electron chi connectivity index (χ0n) is 18.8. The van der Waals surface area contributed by atoms with Crippen LogP contribution in [-0.4, -0.2) is 50.0 Å². The molecule has 0 spiro atoms. The van der Waals surface area contributed by atoms with Gasteiger partial charge >= 0.3 is 0 Å². The molecule has 170 valence electrons. The molecule has 7 heteroatoms. The summed E-state index contributed by atoms with van der Waals surface area (Å²) >= 11 is 0. The zero-order valence-corrected chi connectivity index (χ0v) is 21.1. The Hall–Kier alpha value is -2.13. The van der Waals surface area contributed by atoms with Gasteiger partial charge in [-0.25, -0.2) is 0 Å². The number of aliphatic imine (C=N–C) groups is 1. The highest BCUT2D eigenvalue weighted by atomic mass is 127. The molecule has 0 heterocycles. The monoisotopic (exact) mass is 537 g/mol. The van der Waals surface area contributed by atoms with Crippen molar-refractivity contribution in [2.75, 3.05) is 27.2 Å². The molecule has 0 bridgehead atoms. The Morgan fingerprint density at radius 1 is 0.935 bits per heavy atom. The number of halogens is 1. The molecule has 0 saturated carbocycles. The molecule has 31 heavy (non-hydrogen) atoms. The van der Waals surface area contributed by atoms with Gasteiger partial charge in [-0.3, -0.25) is 14.7 Å². The van der Waals surface area contributed by atoms with Crippen molar-refractivity contribution in [3.8, 4) is 0 Å². The second-order valence-corrected chi connectivity index (χ2v) is 7.48. The molecule has 0 saturated heterocycles. The van der Waals surface area contributed by atoms with Crippen molar-refractivity contribution < 1.29 is 4.79 Å². The topological polar surface area (TPSA) is 68.8 Å². The largest absolute Gasteiger partial charge is 0.356 e. The van der Waals surface area contributed by atoms with Gasteiger partial charge in [0.15, 0.2) is 5.96 Å². The summed E-state index contributed by atoms with van der Waals surface area (Å²) in [6, 6.07) is 20.9. The van der Waals surface area contributed by atoms with Crippen molar-refractivity contribution in [2.45, 2.75) is 38.9 Å². The summed E-state index contributed by atoms with van der Waals surface area (Å²) < 4.78 is 0. The fourth-order valence-corrected chi connectivity index (χ4v) is 3.05. The Balaban J connectivity index is 0.00000480. The Morgan fingerprint density at radius 2 is 1.52 bits per heavy atom. The molecule has 2 aromatic rings. The van der Waals surface area contributed by atoms with E-state index in [1.165, 1.54) is 5.56 Å². The zero-order chi connectivity index (χ0) is 21.6. The molecule has 1 unspecified atom stereocenters. The minimum absolute atomic E-state index is 0. The smallest absolute Gasteiger partial charge is 0.222 e. The van der Waals surface area contributed by atoms with E-state index in [1.807, 2.05) is 36.4 Å². The number of hydrogen-bond acceptors (Lipinski definition) is 3. The van der Waals surface area contributed by atoms with Gasteiger partial charge < -0.3 is 16.0 Å². The third-order valence-corrected chi connectivity index (χ3v) is 5.08. The number of rotatable bonds is 11. The van der Waals surface area contributed by atoms with E-state index in [4.69, 9.17) is 0 Å². The maximum absolute atomic E-state index is 12.0. The van der Waals surface area contributed by atoms with Crippen LogP contribution in [0.15, 0.2) is 65.7 Å². The average molecular weight is 537 g/mol. The lowest BCUT2D eigenvalue weighted by Crippen LogP contribution is -2.41. The standard InChI is InChI=1S/C24H35N5O.HI/c1-20(29(3)19-22-12-8-5-9-13-22)14-16-26-24(25-2)27-17-15-23(30)28-18-21-10-6-4-7-11-21;/h4-13,20H,14-19H2,1-3H3,(H,28,30)(H2,25,26,27);1H. The molecular weight excluding hydrogens is 501 g/mol. The SMILES string of the molecule is CN=C(NCCC(=O)NCc1ccccc1)NCCC(C)N(C)Cc1ccccc1.I. The first kappa shape index (κ1) is 26.9. The molecule has 0 radical (unpaired) electrons. The minimum Gasteiger partial charge on any atom is -0.356 e. The summed E-state index contributed by atoms with van der Waals surface area (Å²) in [5.74, 6) is 0.752. The van der Waals surface area contributed by atoms with Gasteiger partial charge in [-0.2, -0.15) is 0 Å². The number of hydrogen-bond donors (Lipinski definition) is 3. The van der Waals surface area contributed by atoms with E-state index in [9.17, 15) is 4.79 Å². The predicted molar refractivity (Wildman–Crippen MR) is 140 cm³/mol. The molecule has 2 aromatic carbocycles. The van der Waals surface area contributed by atoms with Crippen LogP contribution in [0.2, 0.25) is 0 Å². The predicted octanol–water partition coefficient (Wildman–Crippen LogP) is 3.39. The van der Waals surface area contributed by atoms with Gasteiger partial charge in [0.25, 0.3) is 0 Å². The number of carbonyl (C=O) groups excluding carboxylic acids is 1. The van der Waals surface area contributed by atoms with E-state index >= 15 is 0 Å². The van der Waals surface area contributed by atoms with Crippen LogP contribution in [0.4, 0.5) is 0 Å². The molecule has 2 rings (SSSR count). The van der Waals surface area contributed by atoms with Crippen LogP contribution < -0.4 is 16.0 Å². The lowest BCUT2D eigenvalue weighted by molar-refractivity contribution is -0.121. The molecule has 6 nitrogen and oxygen atoms in total. The van der Waals surface area contributed by atoms with E-state index in [1.54, 1.807) is 7.05 Å². The first-order chi connectivity index (χ1) is 14.6. The molecule has 0 aliphatic rings. The second kappa shape index (κ2) is 15.6. The second-order valence-electron chi connectivity index (χ2n) is 7.48. The number of carbonyl (C=O) groups is 1. The van der Waals surface area contributed by atoms with E-state index in [-0.39, 0.29) is 29.9 Å². The van der Waals surface area contributed by atoms with Crippen molar-refractivity contribution in [3.63, 3.8) is 0 Å². The number of amides is 1. The molecule has 0 aliphatic carbocycles. The van der Waals surface area contributed by atoms with Crippen molar-refractivity contribution in [3.05, 3.63) is 71.8 Å². The Labute approximate surface area is 203 Å². The molecule has 0 aliphatic heterocycles. The van der Waals surface area contributed by atoms with Gasteiger partial charge in [0.2, 0.25) is 5.91 Å². The average Bonchev–Trinajstić information content (AvgIpc) is 2.77. The molecule has 0 fully saturated rings. The Kier molecular flexibility index (Phi) is 13.6. The number of nitrogens with zero attached hydrogens (tertiary/aromatic N) is 2. The summed E-state index contributed by atoms with van der Waals surface area (Å²) in [6.07, 6.45) is 1.41. The normalized spacial score (nSPS) is 12.1. The summed E-state index contributed by atoms with van der Waals surface area (Å²) in [7, 11) is 3.90. The van der Waals surface area contributed by atoms with Crippen molar-refractivity contribution in [1.82, 2.24) is 20.9 Å². The van der Waals surface area contributed by atoms with Crippen molar-refractivity contribution >= 4 is 35.8 Å². The van der Waals surface area contributed by atoms with Crippen LogP contribution in [0, 0.1) is 0 Å². The lowest BCUT2D eigenvalue weighted by Gasteiger charge is -2.25. The van der Waals surface area contributed by atoms with Gasteiger partial charge in [0.1, 0.15) is 0 Å². The lowest BCUT2D eigenvalue weighted by atomic mass is 10.1. The van der Waals surface area contributed by atoms with Gasteiger partial charge in [-0.15, -0.1) is 24.0 Å². The Bertz CT molecular complexity index is 770. The Morgan fingerprint density at radius 3 is 2.13 bits per heavy atom. The molecule has 1 amide bonds. The summed E-state index contributed by atoms with van der Waals surface area (Å²) in [6.45, 7) is 5.09. The molecule has 3 N–H and O–H groups in total. The van der Waals surface area contributed by atoms with Gasteiger partial charge in [-0.05, 0) is 31.5 Å². The highest BCUT2D eigenvalue weighted by molar-refractivity contribution is 14.0. The van der Waals surface area contributed by atoms with Crippen LogP contribution in [0.5, 0.6) is 0 Å². The van der Waals surface area contributed by atoms with E-state index < -0.39 is 0 Å². The first-order valence-electron chi connectivity index (χ1n) is 10.6. The van der Waals surface area contributed by atoms with Gasteiger partial charge in [0.05, 0.1) is 0 Å². The fourth-order valence-electron chi connectivity index (χ4n) is 3.05. The van der Waals surface area contributed by atoms with Gasteiger partial charge in [-0.1, -0.05) is 60.7 Å². The summed E-state index contributed by atoms with van der Waals surface area (Å²) in [5, 5.41) is 9.47. The molecule has 0 aromatic heterocycles. The van der Waals surface area contributed by atoms with E-state index in [2.05, 4.69) is 64.1 Å². The third kappa shape index (κ3) is 11.2. The highest BCUT2D eigenvalue weighted by Gasteiger charge is 2.10. The summed E-state index contributed by atoms with van der Waals surface area (Å²) in [4.78, 5) is 18.6. The minimum atomic E-state index is 0. The number of guanidine groups is 1. The quantitative estimate of drug-likeness (QED) is 0.234. The van der Waals surface area contributed by atoms with Crippen molar-refractivity contribution in [2.24, 2.45) is 4.99 Å². The maximum atomic E-state index is 12.0. The van der Waals surface area contributed by atoms with Crippen LogP contribution >= 0.6 is 24.0 Å². The molecule has 1 atom stereocenters. The van der Waals surface area contributed by atoms with Crippen LogP contribution in [0.25, 0.3) is 0 Å². The fraction of sp³-hybridized carbons (Fsp3) is 0.417. The number of benzene rings is 2. The first-order valence-corrected chi connectivity index (χ1v) is 10.6. The highest BCUT2D eigenvalue weighted by Crippen LogP contribution is 2.07. The number of nitrogens with one attached hydrogen (secondary N) is 3. The van der Waals surface area contributed by atoms with Crippen molar-refractivity contribution in [1.29, 1.82) is 0 Å². The van der Waals surface area contributed by atoms with Crippen LogP contribution in [0.1, 0.15) is 30.9 Å². The van der Waals surface area contributed by atoms with E-state index in [0.29, 0.717) is 25.6 Å². The third-order valence-electron chi connectivity index (χ3n) is 5.08.